The molecule has 0 aliphatic heterocycles. The molecule has 0 unspecified atom stereocenters. The van der Waals surface area contributed by atoms with E-state index in [1.165, 1.54) is 11.3 Å². The van der Waals surface area contributed by atoms with E-state index in [1.54, 1.807) is 12.1 Å². The molecule has 2 aromatic carbocycles. The lowest BCUT2D eigenvalue weighted by Gasteiger charge is -2.06. The van der Waals surface area contributed by atoms with Crippen LogP contribution >= 0.6 is 11.3 Å². The van der Waals surface area contributed by atoms with Gasteiger partial charge in [0.05, 0.1) is 15.7 Å². The van der Waals surface area contributed by atoms with E-state index in [9.17, 15) is 9.59 Å². The molecule has 6 heteroatoms. The quantitative estimate of drug-likeness (QED) is 0.586. The summed E-state index contributed by atoms with van der Waals surface area (Å²) in [4.78, 5) is 31.2. The van der Waals surface area contributed by atoms with Crippen LogP contribution in [0, 0.1) is 6.92 Å². The lowest BCUT2D eigenvalue weighted by molar-refractivity contribution is 0.102. The number of H-pyrrole nitrogens is 1. The summed E-state index contributed by atoms with van der Waals surface area (Å²) in [6.07, 6.45) is 0. The lowest BCUT2D eigenvalue weighted by atomic mass is 10.1. The van der Waals surface area contributed by atoms with Gasteiger partial charge in [0.15, 0.2) is 5.01 Å². The highest BCUT2D eigenvalue weighted by Gasteiger charge is 2.12. The summed E-state index contributed by atoms with van der Waals surface area (Å²) < 4.78 is 0.973. The van der Waals surface area contributed by atoms with Gasteiger partial charge in [0.2, 0.25) is 5.56 Å². The van der Waals surface area contributed by atoms with E-state index >= 15 is 0 Å². The van der Waals surface area contributed by atoms with Crippen molar-refractivity contribution in [3.63, 3.8) is 0 Å². The first-order chi connectivity index (χ1) is 11.6. The second kappa shape index (κ2) is 5.58. The normalized spacial score (nSPS) is 11.0. The molecular formula is C18H13N3O2S. The summed E-state index contributed by atoms with van der Waals surface area (Å²) >= 11 is 1.35. The molecule has 0 atom stereocenters. The van der Waals surface area contributed by atoms with Gasteiger partial charge in [0.1, 0.15) is 0 Å². The van der Waals surface area contributed by atoms with Crippen LogP contribution in [0.4, 0.5) is 5.69 Å². The Morgan fingerprint density at radius 1 is 1.17 bits per heavy atom. The number of thiazole rings is 1. The number of anilines is 1. The third kappa shape index (κ3) is 2.57. The molecule has 118 valence electrons. The van der Waals surface area contributed by atoms with Crippen molar-refractivity contribution in [1.29, 1.82) is 0 Å². The molecule has 0 fully saturated rings. The maximum absolute atomic E-state index is 12.4. The van der Waals surface area contributed by atoms with Crippen molar-refractivity contribution in [2.45, 2.75) is 6.92 Å². The number of pyridine rings is 1. The number of aromatic nitrogens is 2. The zero-order valence-electron chi connectivity index (χ0n) is 12.8. The number of fused-ring (bicyclic) bond motifs is 2. The van der Waals surface area contributed by atoms with E-state index in [4.69, 9.17) is 0 Å². The van der Waals surface area contributed by atoms with Crippen LogP contribution in [-0.4, -0.2) is 15.9 Å². The standard InChI is InChI=1S/C18H13N3O2S/c1-10-8-16(22)20-14-9-11(6-7-12(10)14)19-17(23)18-21-13-4-2-3-5-15(13)24-18/h2-9H,1H3,(H,19,23)(H,20,22). The lowest BCUT2D eigenvalue weighted by Crippen LogP contribution is -2.12. The van der Waals surface area contributed by atoms with Gasteiger partial charge in [-0.3, -0.25) is 9.59 Å². The number of rotatable bonds is 2. The molecular weight excluding hydrogens is 322 g/mol. The predicted octanol–water partition coefficient (Wildman–Crippen LogP) is 3.70. The van der Waals surface area contributed by atoms with Gasteiger partial charge in [-0.15, -0.1) is 11.3 Å². The molecule has 0 radical (unpaired) electrons. The minimum absolute atomic E-state index is 0.158. The average molecular weight is 335 g/mol. The number of carbonyl (C=O) groups excluding carboxylic acids is 1. The van der Waals surface area contributed by atoms with E-state index < -0.39 is 0 Å². The average Bonchev–Trinajstić information content (AvgIpc) is 2.98. The van der Waals surface area contributed by atoms with Crippen LogP contribution in [0.1, 0.15) is 15.4 Å². The molecule has 4 aromatic rings. The molecule has 1 amide bonds. The Balaban J connectivity index is 1.68. The summed E-state index contributed by atoms with van der Waals surface area (Å²) in [5.74, 6) is -0.259. The second-order valence-corrected chi connectivity index (χ2v) is 6.55. The van der Waals surface area contributed by atoms with E-state index in [2.05, 4.69) is 15.3 Å². The van der Waals surface area contributed by atoms with Gasteiger partial charge in [0, 0.05) is 17.1 Å². The smallest absolute Gasteiger partial charge is 0.284 e. The Bertz CT molecular complexity index is 1110. The summed E-state index contributed by atoms with van der Waals surface area (Å²) in [7, 11) is 0. The Kier molecular flexibility index (Phi) is 3.39. The molecule has 4 rings (SSSR count). The van der Waals surface area contributed by atoms with Crippen molar-refractivity contribution in [2.75, 3.05) is 5.32 Å². The van der Waals surface area contributed by atoms with Gasteiger partial charge in [0.25, 0.3) is 5.91 Å². The summed E-state index contributed by atoms with van der Waals surface area (Å²) in [6, 6.07) is 14.7. The first-order valence-electron chi connectivity index (χ1n) is 7.41. The number of hydrogen-bond donors (Lipinski definition) is 2. The fraction of sp³-hybridized carbons (Fsp3) is 0.0556. The molecule has 0 aliphatic carbocycles. The fourth-order valence-corrected chi connectivity index (χ4v) is 3.53. The number of nitrogens with zero attached hydrogens (tertiary/aromatic N) is 1. The molecule has 2 aromatic heterocycles. The van der Waals surface area contributed by atoms with Crippen molar-refractivity contribution in [3.05, 3.63) is 69.5 Å². The van der Waals surface area contributed by atoms with Crippen LogP contribution in [0.2, 0.25) is 0 Å². The number of amides is 1. The number of nitrogens with one attached hydrogen (secondary N) is 2. The highest BCUT2D eigenvalue weighted by molar-refractivity contribution is 7.20. The fourth-order valence-electron chi connectivity index (χ4n) is 2.67. The summed E-state index contributed by atoms with van der Waals surface area (Å²) in [5, 5.41) is 4.20. The van der Waals surface area contributed by atoms with E-state index in [0.29, 0.717) is 16.2 Å². The van der Waals surface area contributed by atoms with Gasteiger partial charge in [-0.2, -0.15) is 0 Å². The zero-order chi connectivity index (χ0) is 16.7. The van der Waals surface area contributed by atoms with Crippen LogP contribution in [0.3, 0.4) is 0 Å². The highest BCUT2D eigenvalue weighted by Crippen LogP contribution is 2.23. The van der Waals surface area contributed by atoms with Crippen molar-refractivity contribution < 1.29 is 4.79 Å². The van der Waals surface area contributed by atoms with Gasteiger partial charge in [-0.05, 0) is 36.8 Å². The summed E-state index contributed by atoms with van der Waals surface area (Å²) in [6.45, 7) is 1.89. The third-order valence-corrected chi connectivity index (χ3v) is 4.83. The van der Waals surface area contributed by atoms with Crippen LogP contribution in [-0.2, 0) is 0 Å². The van der Waals surface area contributed by atoms with Crippen molar-refractivity contribution in [3.8, 4) is 0 Å². The Morgan fingerprint density at radius 2 is 2.00 bits per heavy atom. The zero-order valence-corrected chi connectivity index (χ0v) is 13.6. The maximum Gasteiger partial charge on any atom is 0.284 e. The molecule has 0 saturated heterocycles. The number of hydrogen-bond acceptors (Lipinski definition) is 4. The van der Waals surface area contributed by atoms with Crippen molar-refractivity contribution in [1.82, 2.24) is 9.97 Å². The molecule has 5 nitrogen and oxygen atoms in total. The van der Waals surface area contributed by atoms with E-state index in [-0.39, 0.29) is 11.5 Å². The number of para-hydroxylation sites is 1. The molecule has 0 saturated carbocycles. The number of aryl methyl sites for hydroxylation is 1. The van der Waals surface area contributed by atoms with E-state index in [0.717, 1.165) is 21.2 Å². The highest BCUT2D eigenvalue weighted by atomic mass is 32.1. The second-order valence-electron chi connectivity index (χ2n) is 5.52. The molecule has 2 N–H and O–H groups in total. The monoisotopic (exact) mass is 335 g/mol. The molecule has 2 heterocycles. The van der Waals surface area contributed by atoms with Gasteiger partial charge >= 0.3 is 0 Å². The van der Waals surface area contributed by atoms with Crippen molar-refractivity contribution in [2.24, 2.45) is 0 Å². The third-order valence-electron chi connectivity index (χ3n) is 3.80. The SMILES string of the molecule is Cc1cc(=O)[nH]c2cc(NC(=O)c3nc4ccccc4s3)ccc12. The predicted molar refractivity (Wildman–Crippen MR) is 96.9 cm³/mol. The number of benzene rings is 2. The first kappa shape index (κ1) is 14.6. The first-order valence-corrected chi connectivity index (χ1v) is 8.22. The Labute approximate surface area is 141 Å². The largest absolute Gasteiger partial charge is 0.322 e. The molecule has 0 bridgehead atoms. The van der Waals surface area contributed by atoms with Crippen LogP contribution in [0.5, 0.6) is 0 Å². The Hall–Kier alpha value is -2.99. The van der Waals surface area contributed by atoms with Crippen LogP contribution in [0.15, 0.2) is 53.3 Å². The molecule has 0 spiro atoms. The topological polar surface area (TPSA) is 74.8 Å². The van der Waals surface area contributed by atoms with Crippen LogP contribution < -0.4 is 10.9 Å². The van der Waals surface area contributed by atoms with Gasteiger partial charge in [-0.25, -0.2) is 4.98 Å². The molecule has 0 aliphatic rings. The summed E-state index contributed by atoms with van der Waals surface area (Å²) in [5.41, 5.74) is 2.87. The minimum Gasteiger partial charge on any atom is -0.322 e. The van der Waals surface area contributed by atoms with Crippen LogP contribution in [0.25, 0.3) is 21.1 Å². The minimum atomic E-state index is -0.259. The van der Waals surface area contributed by atoms with E-state index in [1.807, 2.05) is 43.3 Å². The number of aromatic amines is 1. The van der Waals surface area contributed by atoms with Gasteiger partial charge in [-0.1, -0.05) is 18.2 Å². The van der Waals surface area contributed by atoms with Gasteiger partial charge < -0.3 is 10.3 Å². The maximum atomic E-state index is 12.4. The number of carbonyl (C=O) groups is 1. The Morgan fingerprint density at radius 3 is 2.83 bits per heavy atom. The van der Waals surface area contributed by atoms with Crippen molar-refractivity contribution >= 4 is 44.1 Å². The molecule has 24 heavy (non-hydrogen) atoms.